The van der Waals surface area contributed by atoms with Gasteiger partial charge in [0, 0.05) is 6.20 Å². The number of primary amides is 1. The Morgan fingerprint density at radius 3 is 2.71 bits per heavy atom. The monoisotopic (exact) mass is 197 g/mol. The minimum Gasteiger partial charge on any atom is -0.480 e. The Labute approximate surface area is 80.3 Å². The molecular formula is C8H11N3O3. The van der Waals surface area contributed by atoms with Crippen molar-refractivity contribution in [3.8, 4) is 0 Å². The van der Waals surface area contributed by atoms with Crippen molar-refractivity contribution in [1.82, 2.24) is 9.78 Å². The number of aromatic nitrogens is 2. The summed E-state index contributed by atoms with van der Waals surface area (Å²) in [6, 6.07) is -0.747. The molecule has 0 aliphatic rings. The van der Waals surface area contributed by atoms with Crippen LogP contribution in [0.4, 0.5) is 0 Å². The van der Waals surface area contributed by atoms with Gasteiger partial charge in [0.1, 0.15) is 6.04 Å². The van der Waals surface area contributed by atoms with Gasteiger partial charge in [-0.15, -0.1) is 0 Å². The molecule has 0 aliphatic carbocycles. The quantitative estimate of drug-likeness (QED) is 0.710. The molecule has 6 heteroatoms. The van der Waals surface area contributed by atoms with Crippen LogP contribution in [0, 0.1) is 0 Å². The lowest BCUT2D eigenvalue weighted by Crippen LogP contribution is -2.18. The van der Waals surface area contributed by atoms with Crippen LogP contribution in [0.25, 0.3) is 0 Å². The number of amides is 1. The Morgan fingerprint density at radius 2 is 2.36 bits per heavy atom. The summed E-state index contributed by atoms with van der Waals surface area (Å²) in [6.45, 7) is 1.73. The fourth-order valence-electron chi connectivity index (χ4n) is 1.11. The first kappa shape index (κ1) is 10.2. The molecule has 0 fully saturated rings. The molecule has 1 aromatic heterocycles. The highest BCUT2D eigenvalue weighted by molar-refractivity contribution is 5.92. The SMILES string of the molecule is CCC(C(=O)O)n1cc(C(N)=O)cn1. The predicted octanol–water partition coefficient (Wildman–Crippen LogP) is 0.0177. The van der Waals surface area contributed by atoms with Crippen molar-refractivity contribution in [3.05, 3.63) is 18.0 Å². The van der Waals surface area contributed by atoms with Gasteiger partial charge in [-0.05, 0) is 6.42 Å². The molecule has 1 aromatic rings. The van der Waals surface area contributed by atoms with Crippen LogP contribution in [0.2, 0.25) is 0 Å². The first-order chi connectivity index (χ1) is 6.56. The number of aliphatic carboxylic acids is 1. The van der Waals surface area contributed by atoms with E-state index in [9.17, 15) is 9.59 Å². The minimum atomic E-state index is -0.980. The predicted molar refractivity (Wildman–Crippen MR) is 47.7 cm³/mol. The van der Waals surface area contributed by atoms with Gasteiger partial charge in [0.15, 0.2) is 0 Å². The lowest BCUT2D eigenvalue weighted by molar-refractivity contribution is -0.141. The van der Waals surface area contributed by atoms with E-state index in [0.29, 0.717) is 6.42 Å². The lowest BCUT2D eigenvalue weighted by atomic mass is 10.2. The van der Waals surface area contributed by atoms with Gasteiger partial charge in [-0.3, -0.25) is 9.48 Å². The van der Waals surface area contributed by atoms with Gasteiger partial charge in [0.2, 0.25) is 0 Å². The van der Waals surface area contributed by atoms with E-state index in [0.717, 1.165) is 0 Å². The largest absolute Gasteiger partial charge is 0.480 e. The number of carbonyl (C=O) groups excluding carboxylic acids is 1. The Hall–Kier alpha value is -1.85. The van der Waals surface area contributed by atoms with E-state index in [2.05, 4.69) is 5.10 Å². The van der Waals surface area contributed by atoms with E-state index < -0.39 is 17.9 Å². The topological polar surface area (TPSA) is 98.2 Å². The van der Waals surface area contributed by atoms with E-state index >= 15 is 0 Å². The molecule has 0 radical (unpaired) electrons. The number of rotatable bonds is 4. The van der Waals surface area contributed by atoms with Crippen molar-refractivity contribution < 1.29 is 14.7 Å². The highest BCUT2D eigenvalue weighted by atomic mass is 16.4. The molecule has 14 heavy (non-hydrogen) atoms. The summed E-state index contributed by atoms with van der Waals surface area (Å²) in [5.41, 5.74) is 5.22. The van der Waals surface area contributed by atoms with Gasteiger partial charge >= 0.3 is 5.97 Å². The van der Waals surface area contributed by atoms with Gasteiger partial charge < -0.3 is 10.8 Å². The second-order valence-electron chi connectivity index (χ2n) is 2.84. The normalized spacial score (nSPS) is 12.4. The molecule has 0 saturated carbocycles. The fraction of sp³-hybridized carbons (Fsp3) is 0.375. The zero-order valence-electron chi connectivity index (χ0n) is 7.67. The van der Waals surface area contributed by atoms with Gasteiger partial charge in [0.25, 0.3) is 5.91 Å². The second-order valence-corrected chi connectivity index (χ2v) is 2.84. The molecule has 0 bridgehead atoms. The standard InChI is InChI=1S/C8H11N3O3/c1-2-6(8(13)14)11-4-5(3-10-11)7(9)12/h3-4,6H,2H2,1H3,(H2,9,12)(H,13,14). The van der Waals surface area contributed by atoms with Crippen LogP contribution in [0.1, 0.15) is 29.7 Å². The highest BCUT2D eigenvalue weighted by Crippen LogP contribution is 2.11. The summed E-state index contributed by atoms with van der Waals surface area (Å²) in [5, 5.41) is 12.6. The van der Waals surface area contributed by atoms with Gasteiger partial charge in [-0.25, -0.2) is 4.79 Å². The zero-order valence-corrected chi connectivity index (χ0v) is 7.67. The van der Waals surface area contributed by atoms with Crippen molar-refractivity contribution in [1.29, 1.82) is 0 Å². The summed E-state index contributed by atoms with van der Waals surface area (Å²) in [6.07, 6.45) is 2.99. The Bertz CT molecular complexity index is 358. The average molecular weight is 197 g/mol. The molecule has 1 heterocycles. The number of hydrogen-bond acceptors (Lipinski definition) is 3. The maximum atomic E-state index is 10.7. The molecule has 0 aromatic carbocycles. The minimum absolute atomic E-state index is 0.213. The van der Waals surface area contributed by atoms with Crippen molar-refractivity contribution >= 4 is 11.9 Å². The Kier molecular flexibility index (Phi) is 2.85. The maximum Gasteiger partial charge on any atom is 0.328 e. The summed E-state index contributed by atoms with van der Waals surface area (Å²) in [5.74, 6) is -1.59. The summed E-state index contributed by atoms with van der Waals surface area (Å²) in [7, 11) is 0. The van der Waals surface area contributed by atoms with Crippen LogP contribution in [-0.2, 0) is 4.79 Å². The Balaban J connectivity index is 2.95. The van der Waals surface area contributed by atoms with Crippen molar-refractivity contribution in [2.45, 2.75) is 19.4 Å². The van der Waals surface area contributed by atoms with Crippen LogP contribution >= 0.6 is 0 Å². The molecule has 1 unspecified atom stereocenters. The van der Waals surface area contributed by atoms with Crippen molar-refractivity contribution in [3.63, 3.8) is 0 Å². The molecule has 1 amide bonds. The van der Waals surface area contributed by atoms with Gasteiger partial charge in [-0.2, -0.15) is 5.10 Å². The van der Waals surface area contributed by atoms with Crippen LogP contribution < -0.4 is 5.73 Å². The number of nitrogens with two attached hydrogens (primary N) is 1. The van der Waals surface area contributed by atoms with Crippen LogP contribution in [0.5, 0.6) is 0 Å². The molecule has 0 spiro atoms. The number of nitrogens with zero attached hydrogens (tertiary/aromatic N) is 2. The van der Waals surface area contributed by atoms with E-state index in [1.807, 2.05) is 0 Å². The first-order valence-corrected chi connectivity index (χ1v) is 4.13. The molecule has 1 rings (SSSR count). The third-order valence-corrected chi connectivity index (χ3v) is 1.88. The second kappa shape index (κ2) is 3.91. The number of hydrogen-bond donors (Lipinski definition) is 2. The fourth-order valence-corrected chi connectivity index (χ4v) is 1.11. The molecule has 0 saturated heterocycles. The van der Waals surface area contributed by atoms with Crippen LogP contribution in [-0.4, -0.2) is 26.8 Å². The van der Waals surface area contributed by atoms with Gasteiger partial charge in [0.05, 0.1) is 11.8 Å². The molecule has 1 atom stereocenters. The van der Waals surface area contributed by atoms with E-state index in [1.165, 1.54) is 17.1 Å². The van der Waals surface area contributed by atoms with Crippen molar-refractivity contribution in [2.24, 2.45) is 5.73 Å². The van der Waals surface area contributed by atoms with E-state index in [1.54, 1.807) is 6.92 Å². The van der Waals surface area contributed by atoms with Crippen LogP contribution in [0.3, 0.4) is 0 Å². The lowest BCUT2D eigenvalue weighted by Gasteiger charge is -2.08. The highest BCUT2D eigenvalue weighted by Gasteiger charge is 2.18. The number of carbonyl (C=O) groups is 2. The third kappa shape index (κ3) is 1.90. The average Bonchev–Trinajstić information content (AvgIpc) is 2.53. The molecule has 6 nitrogen and oxygen atoms in total. The first-order valence-electron chi connectivity index (χ1n) is 4.13. The summed E-state index contributed by atoms with van der Waals surface area (Å²) < 4.78 is 1.22. The van der Waals surface area contributed by atoms with E-state index in [-0.39, 0.29) is 5.56 Å². The van der Waals surface area contributed by atoms with E-state index in [4.69, 9.17) is 10.8 Å². The summed E-state index contributed by atoms with van der Waals surface area (Å²) >= 11 is 0. The number of carboxylic acid groups (broad SMARTS) is 1. The maximum absolute atomic E-state index is 10.7. The van der Waals surface area contributed by atoms with Crippen molar-refractivity contribution in [2.75, 3.05) is 0 Å². The summed E-state index contributed by atoms with van der Waals surface area (Å²) in [4.78, 5) is 21.4. The Morgan fingerprint density at radius 1 is 1.71 bits per heavy atom. The molecule has 3 N–H and O–H groups in total. The molecular weight excluding hydrogens is 186 g/mol. The third-order valence-electron chi connectivity index (χ3n) is 1.88. The smallest absolute Gasteiger partial charge is 0.328 e. The number of carboxylic acids is 1. The molecule has 76 valence electrons. The molecule has 0 aliphatic heterocycles. The van der Waals surface area contributed by atoms with Crippen LogP contribution in [0.15, 0.2) is 12.4 Å². The van der Waals surface area contributed by atoms with Gasteiger partial charge in [-0.1, -0.05) is 6.92 Å². The zero-order chi connectivity index (χ0) is 10.7.